The second-order valence-electron chi connectivity index (χ2n) is 4.03. The summed E-state index contributed by atoms with van der Waals surface area (Å²) in [4.78, 5) is 0. The van der Waals surface area contributed by atoms with E-state index in [1.54, 1.807) is 6.07 Å². The van der Waals surface area contributed by atoms with Crippen LogP contribution in [0.3, 0.4) is 0 Å². The molecule has 0 radical (unpaired) electrons. The molecule has 0 amide bonds. The number of rotatable bonds is 5. The van der Waals surface area contributed by atoms with Gasteiger partial charge in [0.25, 0.3) is 0 Å². The van der Waals surface area contributed by atoms with Crippen LogP contribution in [0.25, 0.3) is 0 Å². The number of benzene rings is 1. The molecule has 82 valence electrons. The Morgan fingerprint density at radius 1 is 1.47 bits per heavy atom. The molecule has 0 saturated carbocycles. The van der Waals surface area contributed by atoms with Gasteiger partial charge in [-0.15, -0.1) is 0 Å². The smallest absolute Gasteiger partial charge is 0.126 e. The van der Waals surface area contributed by atoms with E-state index >= 15 is 0 Å². The highest BCUT2D eigenvalue weighted by Gasteiger charge is 2.06. The van der Waals surface area contributed by atoms with Crippen molar-refractivity contribution in [1.82, 2.24) is 5.32 Å². The van der Waals surface area contributed by atoms with E-state index in [-0.39, 0.29) is 11.9 Å². The minimum atomic E-state index is -0.124. The van der Waals surface area contributed by atoms with Gasteiger partial charge < -0.3 is 5.32 Å². The number of nitrogens with one attached hydrogen (secondary N) is 1. The van der Waals surface area contributed by atoms with Crippen LogP contribution >= 0.6 is 0 Å². The largest absolute Gasteiger partial charge is 0.310 e. The minimum Gasteiger partial charge on any atom is -0.310 e. The zero-order chi connectivity index (χ0) is 11.3. The van der Waals surface area contributed by atoms with Gasteiger partial charge in [-0.1, -0.05) is 30.4 Å². The Kier molecular flexibility index (Phi) is 4.50. The van der Waals surface area contributed by atoms with E-state index < -0.39 is 0 Å². The summed E-state index contributed by atoms with van der Waals surface area (Å²) in [6, 6.07) is 7.17. The molecule has 1 aromatic carbocycles. The average molecular weight is 207 g/mol. The summed E-state index contributed by atoms with van der Waals surface area (Å²) in [5.41, 5.74) is 1.86. The summed E-state index contributed by atoms with van der Waals surface area (Å²) in [7, 11) is 0. The highest BCUT2D eigenvalue weighted by Crippen LogP contribution is 2.08. The molecule has 0 bridgehead atoms. The topological polar surface area (TPSA) is 12.0 Å². The van der Waals surface area contributed by atoms with Crippen molar-refractivity contribution in [3.63, 3.8) is 0 Å². The van der Waals surface area contributed by atoms with Gasteiger partial charge in [-0.05, 0) is 31.9 Å². The quantitative estimate of drug-likeness (QED) is 0.732. The van der Waals surface area contributed by atoms with Crippen LogP contribution in [0.1, 0.15) is 19.4 Å². The van der Waals surface area contributed by atoms with E-state index in [4.69, 9.17) is 0 Å². The third-order valence-corrected chi connectivity index (χ3v) is 2.24. The molecule has 1 rings (SSSR count). The summed E-state index contributed by atoms with van der Waals surface area (Å²) in [5.74, 6) is -0.124. The lowest BCUT2D eigenvalue weighted by Crippen LogP contribution is -2.29. The van der Waals surface area contributed by atoms with Crippen molar-refractivity contribution in [1.29, 1.82) is 0 Å². The van der Waals surface area contributed by atoms with Gasteiger partial charge in [0.2, 0.25) is 0 Å². The van der Waals surface area contributed by atoms with Gasteiger partial charge in [0.05, 0.1) is 0 Å². The Hall–Kier alpha value is -1.15. The molecular formula is C13H18FN. The fraction of sp³-hybridized carbons (Fsp3) is 0.385. The summed E-state index contributed by atoms with van der Waals surface area (Å²) in [6.07, 6.45) is 0.708. The van der Waals surface area contributed by atoms with E-state index in [1.807, 2.05) is 19.1 Å². The van der Waals surface area contributed by atoms with Crippen molar-refractivity contribution in [3.05, 3.63) is 47.8 Å². The third-order valence-electron chi connectivity index (χ3n) is 2.24. The van der Waals surface area contributed by atoms with E-state index in [2.05, 4.69) is 18.8 Å². The van der Waals surface area contributed by atoms with Crippen LogP contribution < -0.4 is 5.32 Å². The number of hydrogen-bond acceptors (Lipinski definition) is 1. The van der Waals surface area contributed by atoms with Gasteiger partial charge in [0, 0.05) is 12.6 Å². The van der Waals surface area contributed by atoms with Crippen LogP contribution in [0, 0.1) is 5.82 Å². The van der Waals surface area contributed by atoms with Crippen molar-refractivity contribution >= 4 is 0 Å². The zero-order valence-corrected chi connectivity index (χ0v) is 9.39. The van der Waals surface area contributed by atoms with Gasteiger partial charge >= 0.3 is 0 Å². The Morgan fingerprint density at radius 2 is 2.13 bits per heavy atom. The monoisotopic (exact) mass is 207 g/mol. The Bertz CT molecular complexity index is 333. The molecule has 1 aromatic rings. The van der Waals surface area contributed by atoms with Crippen molar-refractivity contribution in [2.75, 3.05) is 6.54 Å². The van der Waals surface area contributed by atoms with Crippen LogP contribution in [0.4, 0.5) is 4.39 Å². The molecule has 0 aliphatic rings. The second-order valence-corrected chi connectivity index (χ2v) is 4.03. The normalized spacial score (nSPS) is 12.5. The van der Waals surface area contributed by atoms with Crippen molar-refractivity contribution < 1.29 is 4.39 Å². The molecule has 1 unspecified atom stereocenters. The van der Waals surface area contributed by atoms with Crippen molar-refractivity contribution in [3.8, 4) is 0 Å². The minimum absolute atomic E-state index is 0.124. The lowest BCUT2D eigenvalue weighted by Gasteiger charge is -2.14. The SMILES string of the molecule is C=C(C)CNC(C)Cc1ccccc1F. The van der Waals surface area contributed by atoms with Crippen LogP contribution in [0.2, 0.25) is 0 Å². The van der Waals surface area contributed by atoms with E-state index in [9.17, 15) is 4.39 Å². The molecule has 0 aliphatic heterocycles. The predicted octanol–water partition coefficient (Wildman–Crippen LogP) is 2.92. The third kappa shape index (κ3) is 4.26. The van der Waals surface area contributed by atoms with Crippen LogP contribution in [0.5, 0.6) is 0 Å². The predicted molar refractivity (Wildman–Crippen MR) is 62.4 cm³/mol. The Morgan fingerprint density at radius 3 is 2.73 bits per heavy atom. The number of hydrogen-bond donors (Lipinski definition) is 1. The highest BCUT2D eigenvalue weighted by molar-refractivity contribution is 5.18. The van der Waals surface area contributed by atoms with Crippen LogP contribution in [-0.2, 0) is 6.42 Å². The summed E-state index contributed by atoms with van der Waals surface area (Å²) >= 11 is 0. The first-order valence-electron chi connectivity index (χ1n) is 5.20. The maximum absolute atomic E-state index is 13.3. The van der Waals surface area contributed by atoms with Crippen molar-refractivity contribution in [2.45, 2.75) is 26.3 Å². The molecule has 0 aliphatic carbocycles. The first-order valence-corrected chi connectivity index (χ1v) is 5.20. The van der Waals surface area contributed by atoms with Gasteiger partial charge in [-0.2, -0.15) is 0 Å². The van der Waals surface area contributed by atoms with Crippen LogP contribution in [-0.4, -0.2) is 12.6 Å². The molecule has 2 heteroatoms. The fourth-order valence-electron chi connectivity index (χ4n) is 1.41. The maximum atomic E-state index is 13.3. The Balaban J connectivity index is 2.47. The molecule has 0 heterocycles. The first-order chi connectivity index (χ1) is 7.09. The lowest BCUT2D eigenvalue weighted by molar-refractivity contribution is 0.545. The van der Waals surface area contributed by atoms with Gasteiger partial charge in [-0.3, -0.25) is 0 Å². The average Bonchev–Trinajstić information content (AvgIpc) is 2.18. The summed E-state index contributed by atoms with van der Waals surface area (Å²) in [6.45, 7) is 8.63. The molecule has 0 aromatic heterocycles. The molecule has 0 fully saturated rings. The Labute approximate surface area is 91.0 Å². The zero-order valence-electron chi connectivity index (χ0n) is 9.39. The van der Waals surface area contributed by atoms with E-state index in [1.165, 1.54) is 6.07 Å². The first kappa shape index (κ1) is 11.9. The molecule has 15 heavy (non-hydrogen) atoms. The maximum Gasteiger partial charge on any atom is 0.126 e. The highest BCUT2D eigenvalue weighted by atomic mass is 19.1. The standard InChI is InChI=1S/C13H18FN/c1-10(2)9-15-11(3)8-12-6-4-5-7-13(12)14/h4-7,11,15H,1,8-9H2,2-3H3. The molecule has 1 nitrogen and oxygen atoms in total. The number of halogens is 1. The lowest BCUT2D eigenvalue weighted by atomic mass is 10.1. The fourth-order valence-corrected chi connectivity index (χ4v) is 1.41. The van der Waals surface area contributed by atoms with Crippen molar-refractivity contribution in [2.24, 2.45) is 0 Å². The van der Waals surface area contributed by atoms with Gasteiger partial charge in [0.15, 0.2) is 0 Å². The van der Waals surface area contributed by atoms with Gasteiger partial charge in [0.1, 0.15) is 5.82 Å². The molecule has 1 atom stereocenters. The summed E-state index contributed by atoms with van der Waals surface area (Å²) < 4.78 is 13.3. The molecule has 0 saturated heterocycles. The molecule has 0 spiro atoms. The van der Waals surface area contributed by atoms with E-state index in [0.29, 0.717) is 6.42 Å². The van der Waals surface area contributed by atoms with Crippen LogP contribution in [0.15, 0.2) is 36.4 Å². The molecular weight excluding hydrogens is 189 g/mol. The summed E-state index contributed by atoms with van der Waals surface area (Å²) in [5, 5.41) is 3.29. The van der Waals surface area contributed by atoms with Gasteiger partial charge in [-0.25, -0.2) is 4.39 Å². The molecule has 1 N–H and O–H groups in total. The van der Waals surface area contributed by atoms with E-state index in [0.717, 1.165) is 17.7 Å². The second kappa shape index (κ2) is 5.66.